The summed E-state index contributed by atoms with van der Waals surface area (Å²) in [6, 6.07) is 3.42. The van der Waals surface area contributed by atoms with Crippen molar-refractivity contribution in [3.05, 3.63) is 17.7 Å². The van der Waals surface area contributed by atoms with E-state index in [2.05, 4.69) is 21.1 Å². The molecule has 9 heteroatoms. The number of nitrogens with one attached hydrogen (secondary N) is 2. The number of ether oxygens (including phenoxy) is 3. The van der Waals surface area contributed by atoms with Crippen molar-refractivity contribution >= 4 is 23.7 Å². The van der Waals surface area contributed by atoms with E-state index in [1.807, 2.05) is 0 Å². The van der Waals surface area contributed by atoms with Crippen molar-refractivity contribution in [1.82, 2.24) is 10.9 Å². The van der Waals surface area contributed by atoms with Crippen LogP contribution < -0.4 is 25.1 Å². The molecule has 1 aromatic rings. The van der Waals surface area contributed by atoms with Gasteiger partial charge in [0.15, 0.2) is 11.5 Å². The third-order valence-electron chi connectivity index (χ3n) is 3.68. The van der Waals surface area contributed by atoms with E-state index >= 15 is 0 Å². The van der Waals surface area contributed by atoms with Gasteiger partial charge in [-0.05, 0) is 19.1 Å². The zero-order chi connectivity index (χ0) is 18.4. The van der Waals surface area contributed by atoms with Crippen LogP contribution >= 0.6 is 0 Å². The molecule has 1 atom stereocenters. The molecule has 0 fully saturated rings. The Morgan fingerprint density at radius 1 is 1.28 bits per heavy atom. The lowest BCUT2D eigenvalue weighted by molar-refractivity contribution is -0.127. The fourth-order valence-electron chi connectivity index (χ4n) is 2.36. The van der Waals surface area contributed by atoms with Crippen LogP contribution in [0, 0.1) is 5.92 Å². The molecule has 1 aliphatic rings. The highest BCUT2D eigenvalue weighted by Crippen LogP contribution is 2.38. The van der Waals surface area contributed by atoms with Gasteiger partial charge in [0.25, 0.3) is 0 Å². The van der Waals surface area contributed by atoms with Crippen molar-refractivity contribution in [3.63, 3.8) is 0 Å². The first-order chi connectivity index (χ1) is 12.0. The number of carbonyl (C=O) groups excluding carboxylic acids is 2. The van der Waals surface area contributed by atoms with Gasteiger partial charge in [-0.3, -0.25) is 9.59 Å². The number of amides is 2. The number of nitrogens with zero attached hydrogens (tertiary/aromatic N) is 2. The number of hydrogen-bond acceptors (Lipinski definition) is 7. The van der Waals surface area contributed by atoms with E-state index in [9.17, 15) is 9.59 Å². The third-order valence-corrected chi connectivity index (χ3v) is 3.68. The number of carbonyl (C=O) groups is 2. The van der Waals surface area contributed by atoms with E-state index in [4.69, 9.17) is 14.2 Å². The molecule has 0 aromatic heterocycles. The summed E-state index contributed by atoms with van der Waals surface area (Å²) in [7, 11) is 4.52. The molecule has 0 saturated heterocycles. The predicted octanol–water partition coefficient (Wildman–Crippen LogP) is 0.674. The van der Waals surface area contributed by atoms with Crippen LogP contribution in [0.5, 0.6) is 17.2 Å². The maximum atomic E-state index is 11.9. The molecular weight excluding hydrogens is 328 g/mol. The quantitative estimate of drug-likeness (QED) is 0.556. The van der Waals surface area contributed by atoms with Crippen LogP contribution in [0.25, 0.3) is 0 Å². The summed E-state index contributed by atoms with van der Waals surface area (Å²) in [6.45, 7) is 1.69. The molecule has 0 bridgehead atoms. The van der Waals surface area contributed by atoms with Gasteiger partial charge in [-0.15, -0.1) is 0 Å². The molecule has 0 spiro atoms. The minimum absolute atomic E-state index is 0.0262. The Morgan fingerprint density at radius 3 is 2.56 bits per heavy atom. The van der Waals surface area contributed by atoms with Gasteiger partial charge in [-0.25, -0.2) is 10.9 Å². The van der Waals surface area contributed by atoms with E-state index < -0.39 is 11.8 Å². The van der Waals surface area contributed by atoms with Gasteiger partial charge in [0, 0.05) is 17.7 Å². The summed E-state index contributed by atoms with van der Waals surface area (Å²) < 4.78 is 15.8. The third kappa shape index (κ3) is 4.06. The Kier molecular flexibility index (Phi) is 5.93. The van der Waals surface area contributed by atoms with E-state index in [-0.39, 0.29) is 12.3 Å². The lowest BCUT2D eigenvalue weighted by Crippen LogP contribution is -2.29. The maximum absolute atomic E-state index is 11.9. The number of rotatable bonds is 7. The van der Waals surface area contributed by atoms with Crippen LogP contribution in [0.3, 0.4) is 0 Å². The van der Waals surface area contributed by atoms with Crippen LogP contribution in [-0.2, 0) is 9.59 Å². The molecule has 0 unspecified atom stereocenters. The predicted molar refractivity (Wildman–Crippen MR) is 91.2 cm³/mol. The Labute approximate surface area is 145 Å². The monoisotopic (exact) mass is 348 g/mol. The van der Waals surface area contributed by atoms with Gasteiger partial charge in [0.2, 0.25) is 17.6 Å². The van der Waals surface area contributed by atoms with Crippen molar-refractivity contribution < 1.29 is 23.8 Å². The topological polar surface area (TPSA) is 111 Å². The lowest BCUT2D eigenvalue weighted by Gasteiger charge is -2.13. The van der Waals surface area contributed by atoms with Gasteiger partial charge in [-0.1, -0.05) is 0 Å². The molecule has 2 rings (SSSR count). The zero-order valence-corrected chi connectivity index (χ0v) is 14.5. The van der Waals surface area contributed by atoms with E-state index in [1.165, 1.54) is 27.5 Å². The van der Waals surface area contributed by atoms with Gasteiger partial charge in [-0.2, -0.15) is 10.2 Å². The molecule has 1 heterocycles. The van der Waals surface area contributed by atoms with Crippen LogP contribution in [0.1, 0.15) is 18.9 Å². The van der Waals surface area contributed by atoms with Crippen LogP contribution in [0.15, 0.2) is 22.3 Å². The number of methoxy groups -OCH3 is 3. The summed E-state index contributed by atoms with van der Waals surface area (Å²) in [4.78, 5) is 23.5. The Balaban J connectivity index is 2.05. The molecule has 1 aromatic carbocycles. The SMILES string of the molecule is COc1ccc(/C=N\NC(=O)C[C@@H]2C(=O)NN=C2C)c(OC)c1OC. The minimum Gasteiger partial charge on any atom is -0.493 e. The average Bonchev–Trinajstić information content (AvgIpc) is 2.92. The smallest absolute Gasteiger partial charge is 0.249 e. The van der Waals surface area contributed by atoms with Gasteiger partial charge >= 0.3 is 0 Å². The molecule has 25 heavy (non-hydrogen) atoms. The zero-order valence-electron chi connectivity index (χ0n) is 14.5. The number of benzene rings is 1. The highest BCUT2D eigenvalue weighted by Gasteiger charge is 2.29. The van der Waals surface area contributed by atoms with Gasteiger partial charge < -0.3 is 14.2 Å². The van der Waals surface area contributed by atoms with Crippen LogP contribution in [0.2, 0.25) is 0 Å². The molecule has 2 N–H and O–H groups in total. The van der Waals surface area contributed by atoms with Crippen molar-refractivity contribution in [1.29, 1.82) is 0 Å². The minimum atomic E-state index is -0.564. The Bertz CT molecular complexity index is 729. The molecular formula is C16H20N4O5. The normalized spacial score (nSPS) is 16.4. The average molecular weight is 348 g/mol. The summed E-state index contributed by atoms with van der Waals surface area (Å²) in [5, 5.41) is 7.69. The molecule has 9 nitrogen and oxygen atoms in total. The second-order valence-corrected chi connectivity index (χ2v) is 5.20. The van der Waals surface area contributed by atoms with Crippen LogP contribution in [-0.4, -0.2) is 45.1 Å². The van der Waals surface area contributed by atoms with Crippen molar-refractivity contribution in [3.8, 4) is 17.2 Å². The van der Waals surface area contributed by atoms with E-state index in [1.54, 1.807) is 19.1 Å². The molecule has 0 saturated carbocycles. The van der Waals surface area contributed by atoms with Crippen molar-refractivity contribution in [2.75, 3.05) is 21.3 Å². The number of hydrazone groups is 2. The molecule has 0 aliphatic carbocycles. The highest BCUT2D eigenvalue weighted by atomic mass is 16.5. The van der Waals surface area contributed by atoms with Crippen molar-refractivity contribution in [2.45, 2.75) is 13.3 Å². The van der Waals surface area contributed by atoms with E-state index in [0.29, 0.717) is 28.5 Å². The van der Waals surface area contributed by atoms with Gasteiger partial charge in [0.1, 0.15) is 0 Å². The Hall–Kier alpha value is -3.10. The maximum Gasteiger partial charge on any atom is 0.249 e. The molecule has 1 aliphatic heterocycles. The van der Waals surface area contributed by atoms with Crippen molar-refractivity contribution in [2.24, 2.45) is 16.1 Å². The molecule has 0 radical (unpaired) electrons. The fraction of sp³-hybridized carbons (Fsp3) is 0.375. The largest absolute Gasteiger partial charge is 0.493 e. The van der Waals surface area contributed by atoms with Crippen LogP contribution in [0.4, 0.5) is 0 Å². The first-order valence-electron chi connectivity index (χ1n) is 7.46. The van der Waals surface area contributed by atoms with Gasteiger partial charge in [0.05, 0.1) is 33.5 Å². The first-order valence-corrected chi connectivity index (χ1v) is 7.46. The summed E-state index contributed by atoms with van der Waals surface area (Å²) in [5.74, 6) is 0.117. The lowest BCUT2D eigenvalue weighted by atomic mass is 10.0. The molecule has 2 amide bonds. The summed E-state index contributed by atoms with van der Waals surface area (Å²) in [6.07, 6.45) is 1.40. The van der Waals surface area contributed by atoms with E-state index in [0.717, 1.165) is 0 Å². The first kappa shape index (κ1) is 18.2. The molecule has 134 valence electrons. The second-order valence-electron chi connectivity index (χ2n) is 5.20. The Morgan fingerprint density at radius 2 is 2.00 bits per heavy atom. The standard InChI is InChI=1S/C16H20N4O5/c1-9-11(16(22)20-18-9)7-13(21)19-17-8-10-5-6-12(23-2)15(25-4)14(10)24-3/h5-6,8,11H,7H2,1-4H3,(H,19,21)(H,20,22)/b17-8-/t11-/m0/s1. The highest BCUT2D eigenvalue weighted by molar-refractivity contribution is 6.09. The summed E-state index contributed by atoms with van der Waals surface area (Å²) >= 11 is 0. The fourth-order valence-corrected chi connectivity index (χ4v) is 2.36. The second kappa shape index (κ2) is 8.13. The number of hydrogen-bond donors (Lipinski definition) is 2. The summed E-state index contributed by atoms with van der Waals surface area (Å²) in [5.41, 5.74) is 5.89.